The number of carbonyl (C=O) groups excluding carboxylic acids is 1. The van der Waals surface area contributed by atoms with Crippen LogP contribution in [-0.2, 0) is 17.8 Å². The first kappa shape index (κ1) is 36.7. The number of carboxylic acids is 1. The molecule has 0 aromatic heterocycles. The van der Waals surface area contributed by atoms with E-state index in [-0.39, 0.29) is 5.91 Å². The molecule has 0 spiro atoms. The molecule has 0 heterocycles. The Morgan fingerprint density at radius 3 is 1.80 bits per heavy atom. The maximum Gasteiger partial charge on any atom is 0.303 e. The largest absolute Gasteiger partial charge is 0.497 e. The van der Waals surface area contributed by atoms with Gasteiger partial charge in [-0.15, -0.1) is 0 Å². The van der Waals surface area contributed by atoms with E-state index in [9.17, 15) is 9.59 Å². The van der Waals surface area contributed by atoms with Gasteiger partial charge in [0.2, 0.25) is 0 Å². The van der Waals surface area contributed by atoms with Crippen LogP contribution in [0.2, 0.25) is 0 Å². The van der Waals surface area contributed by atoms with Gasteiger partial charge in [0.05, 0.1) is 19.8 Å². The molecule has 0 saturated heterocycles. The van der Waals surface area contributed by atoms with Gasteiger partial charge in [-0.2, -0.15) is 0 Å². The van der Waals surface area contributed by atoms with E-state index in [0.717, 1.165) is 55.4 Å². The second-order valence-corrected chi connectivity index (χ2v) is 11.5. The average molecular weight is 610 g/mol. The summed E-state index contributed by atoms with van der Waals surface area (Å²) in [5.41, 5.74) is 2.52. The topological polar surface area (TPSA) is 94.1 Å². The molecule has 0 aliphatic rings. The number of aryl methyl sites for hydroxylation is 1. The number of benzene rings is 2. The van der Waals surface area contributed by atoms with Crippen molar-refractivity contribution in [2.45, 2.75) is 116 Å². The molecule has 0 unspecified atom stereocenters. The predicted octanol–water partition coefficient (Wildman–Crippen LogP) is 9.07. The Labute approximate surface area is 265 Å². The van der Waals surface area contributed by atoms with E-state index in [0.29, 0.717) is 36.6 Å². The van der Waals surface area contributed by atoms with Gasteiger partial charge in [0.1, 0.15) is 23.9 Å². The van der Waals surface area contributed by atoms with Crippen LogP contribution in [0.25, 0.3) is 0 Å². The van der Waals surface area contributed by atoms with E-state index < -0.39 is 5.97 Å². The van der Waals surface area contributed by atoms with Gasteiger partial charge in [0, 0.05) is 19.0 Å². The van der Waals surface area contributed by atoms with Crippen LogP contribution in [0.4, 0.5) is 0 Å². The number of aliphatic carboxylic acids is 1. The number of methoxy groups -OCH3 is 2. The van der Waals surface area contributed by atoms with Crippen molar-refractivity contribution in [2.75, 3.05) is 20.8 Å². The lowest BCUT2D eigenvalue weighted by atomic mass is 9.98. The molecular formula is C37H55NO6. The zero-order valence-electron chi connectivity index (χ0n) is 27.2. The Bertz CT molecular complexity index is 1100. The summed E-state index contributed by atoms with van der Waals surface area (Å²) in [6.07, 6.45) is 20.8. The SMILES string of the molecule is C=CCOc1ccc(CNC(=O)c2c(CCCCCCCCCCCCCCCCCC(=O)O)cc(OC)cc2OC)cc1. The number of hydrogen-bond acceptors (Lipinski definition) is 5. The molecule has 2 aromatic rings. The maximum atomic E-state index is 13.3. The molecule has 0 aliphatic carbocycles. The monoisotopic (exact) mass is 609 g/mol. The molecule has 44 heavy (non-hydrogen) atoms. The molecule has 244 valence electrons. The number of rotatable bonds is 26. The van der Waals surface area contributed by atoms with Crippen molar-refractivity contribution in [2.24, 2.45) is 0 Å². The number of amides is 1. The van der Waals surface area contributed by atoms with Gasteiger partial charge in [-0.3, -0.25) is 9.59 Å². The Morgan fingerprint density at radius 1 is 0.750 bits per heavy atom. The summed E-state index contributed by atoms with van der Waals surface area (Å²) in [6.45, 7) is 4.53. The van der Waals surface area contributed by atoms with E-state index >= 15 is 0 Å². The molecule has 1 amide bonds. The van der Waals surface area contributed by atoms with Crippen molar-refractivity contribution in [3.63, 3.8) is 0 Å². The van der Waals surface area contributed by atoms with Crippen molar-refractivity contribution in [1.82, 2.24) is 5.32 Å². The van der Waals surface area contributed by atoms with Crippen LogP contribution in [0.15, 0.2) is 49.1 Å². The summed E-state index contributed by atoms with van der Waals surface area (Å²) in [6, 6.07) is 11.4. The van der Waals surface area contributed by atoms with Crippen molar-refractivity contribution < 1.29 is 28.9 Å². The maximum absolute atomic E-state index is 13.3. The summed E-state index contributed by atoms with van der Waals surface area (Å²) < 4.78 is 16.6. The first-order chi connectivity index (χ1) is 21.5. The van der Waals surface area contributed by atoms with Crippen molar-refractivity contribution in [1.29, 1.82) is 0 Å². The van der Waals surface area contributed by atoms with Crippen molar-refractivity contribution >= 4 is 11.9 Å². The average Bonchev–Trinajstić information content (AvgIpc) is 3.03. The van der Waals surface area contributed by atoms with Gasteiger partial charge >= 0.3 is 5.97 Å². The van der Waals surface area contributed by atoms with Crippen LogP contribution in [0, 0.1) is 0 Å². The van der Waals surface area contributed by atoms with Crippen molar-refractivity contribution in [3.05, 3.63) is 65.7 Å². The molecule has 0 saturated carbocycles. The lowest BCUT2D eigenvalue weighted by Crippen LogP contribution is -2.24. The molecule has 7 heteroatoms. The molecule has 0 bridgehead atoms. The second-order valence-electron chi connectivity index (χ2n) is 11.5. The number of carbonyl (C=O) groups is 2. The summed E-state index contributed by atoms with van der Waals surface area (Å²) in [5, 5.41) is 11.7. The molecule has 0 radical (unpaired) electrons. The van der Waals surface area contributed by atoms with Crippen LogP contribution in [0.5, 0.6) is 17.2 Å². The number of unbranched alkanes of at least 4 members (excludes halogenated alkanes) is 14. The van der Waals surface area contributed by atoms with Crippen LogP contribution in [-0.4, -0.2) is 37.8 Å². The Kier molecular flexibility index (Phi) is 19.2. The molecule has 0 aliphatic heterocycles. The summed E-state index contributed by atoms with van der Waals surface area (Å²) in [7, 11) is 3.22. The third kappa shape index (κ3) is 15.3. The smallest absolute Gasteiger partial charge is 0.303 e. The number of carboxylic acid groups (broad SMARTS) is 1. The zero-order chi connectivity index (χ0) is 31.8. The van der Waals surface area contributed by atoms with Crippen LogP contribution >= 0.6 is 0 Å². The number of hydrogen-bond donors (Lipinski definition) is 2. The van der Waals surface area contributed by atoms with E-state index in [4.69, 9.17) is 19.3 Å². The Hall–Kier alpha value is -3.48. The summed E-state index contributed by atoms with van der Waals surface area (Å²) in [5.74, 6) is 1.16. The van der Waals surface area contributed by atoms with Gasteiger partial charge in [-0.25, -0.2) is 0 Å². The Morgan fingerprint density at radius 2 is 1.30 bits per heavy atom. The fourth-order valence-corrected chi connectivity index (χ4v) is 5.40. The summed E-state index contributed by atoms with van der Waals surface area (Å²) >= 11 is 0. The quantitative estimate of drug-likeness (QED) is 0.0816. The van der Waals surface area contributed by atoms with Gasteiger partial charge in [0.25, 0.3) is 5.91 Å². The molecule has 2 rings (SSSR count). The minimum absolute atomic E-state index is 0.151. The van der Waals surface area contributed by atoms with Crippen LogP contribution in [0.1, 0.15) is 124 Å². The third-order valence-electron chi connectivity index (χ3n) is 7.92. The first-order valence-corrected chi connectivity index (χ1v) is 16.6. The van der Waals surface area contributed by atoms with E-state index in [1.807, 2.05) is 30.3 Å². The van der Waals surface area contributed by atoms with Gasteiger partial charge in [-0.05, 0) is 48.6 Å². The number of ether oxygens (including phenoxy) is 3. The first-order valence-electron chi connectivity index (χ1n) is 16.6. The third-order valence-corrected chi connectivity index (χ3v) is 7.92. The van der Waals surface area contributed by atoms with Crippen molar-refractivity contribution in [3.8, 4) is 17.2 Å². The predicted molar refractivity (Wildman–Crippen MR) is 178 cm³/mol. The van der Waals surface area contributed by atoms with Gasteiger partial charge < -0.3 is 24.6 Å². The highest BCUT2D eigenvalue weighted by Crippen LogP contribution is 2.30. The lowest BCUT2D eigenvalue weighted by Gasteiger charge is -2.16. The highest BCUT2D eigenvalue weighted by Gasteiger charge is 2.19. The Balaban J connectivity index is 1.67. The normalized spacial score (nSPS) is 10.8. The minimum Gasteiger partial charge on any atom is -0.497 e. The van der Waals surface area contributed by atoms with E-state index in [2.05, 4.69) is 11.9 Å². The molecule has 0 fully saturated rings. The molecule has 2 aromatic carbocycles. The van der Waals surface area contributed by atoms with Gasteiger partial charge in [-0.1, -0.05) is 108 Å². The van der Waals surface area contributed by atoms with Gasteiger partial charge in [0.15, 0.2) is 0 Å². The van der Waals surface area contributed by atoms with E-state index in [1.54, 1.807) is 26.4 Å². The lowest BCUT2D eigenvalue weighted by molar-refractivity contribution is -0.137. The minimum atomic E-state index is -0.680. The molecule has 2 N–H and O–H groups in total. The fraction of sp³-hybridized carbons (Fsp3) is 0.568. The molecule has 0 atom stereocenters. The van der Waals surface area contributed by atoms with Crippen LogP contribution < -0.4 is 19.5 Å². The summed E-state index contributed by atoms with van der Waals surface area (Å²) in [4.78, 5) is 23.9. The molecule has 7 nitrogen and oxygen atoms in total. The number of nitrogens with one attached hydrogen (secondary N) is 1. The molecular weight excluding hydrogens is 554 g/mol. The second kappa shape index (κ2) is 23.0. The fourth-order valence-electron chi connectivity index (χ4n) is 5.40. The highest BCUT2D eigenvalue weighted by molar-refractivity contribution is 5.98. The van der Waals surface area contributed by atoms with E-state index in [1.165, 1.54) is 64.2 Å². The van der Waals surface area contributed by atoms with Crippen LogP contribution in [0.3, 0.4) is 0 Å². The highest BCUT2D eigenvalue weighted by atomic mass is 16.5. The zero-order valence-corrected chi connectivity index (χ0v) is 27.2. The standard InChI is InChI=1S/C37H55NO6/c1-4-26-44-32-24-22-30(23-25-32)29-38-37(41)36-31(27-33(42-2)28-34(36)43-3)20-18-16-14-12-10-8-6-5-7-9-11-13-15-17-19-21-35(39)40/h4,22-25,27-28H,1,5-21,26,29H2,2-3H3,(H,38,41)(H,39,40).